The Bertz CT molecular complexity index is 1160. The Balaban J connectivity index is 1.81. The second-order valence-electron chi connectivity index (χ2n) is 15.6. The fourth-order valence-electron chi connectivity index (χ4n) is 6.41. The summed E-state index contributed by atoms with van der Waals surface area (Å²) in [5.74, 6) is -3.20. The maximum atomic E-state index is 14.3. The van der Waals surface area contributed by atoms with Crippen LogP contribution in [-0.2, 0) is 28.7 Å². The van der Waals surface area contributed by atoms with Gasteiger partial charge in [-0.2, -0.15) is 0 Å². The Labute approximate surface area is 274 Å². The molecular weight excluding hydrogens is 590 g/mol. The van der Waals surface area contributed by atoms with Crippen molar-refractivity contribution in [1.82, 2.24) is 20.9 Å². The number of primary amides is 1. The molecule has 260 valence electrons. The van der Waals surface area contributed by atoms with Gasteiger partial charge in [-0.1, -0.05) is 61.8 Å². The zero-order chi connectivity index (χ0) is 34.7. The van der Waals surface area contributed by atoms with Crippen LogP contribution in [0.2, 0.25) is 0 Å². The van der Waals surface area contributed by atoms with Gasteiger partial charge < -0.3 is 31.3 Å². The summed E-state index contributed by atoms with van der Waals surface area (Å²) in [5.41, 5.74) is 3.13. The van der Waals surface area contributed by atoms with Gasteiger partial charge in [-0.15, -0.1) is 0 Å². The van der Waals surface area contributed by atoms with E-state index in [1.807, 2.05) is 55.4 Å². The first-order valence-electron chi connectivity index (χ1n) is 17.1. The Morgan fingerprint density at radius 3 is 1.89 bits per heavy atom. The average Bonchev–Trinajstić information content (AvgIpc) is 3.90. The van der Waals surface area contributed by atoms with Gasteiger partial charge in [0, 0.05) is 6.54 Å². The number of nitrogens with zero attached hydrogens (tertiary/aromatic N) is 1. The lowest BCUT2D eigenvalue weighted by atomic mass is 9.84. The Morgan fingerprint density at radius 1 is 0.891 bits per heavy atom. The maximum absolute atomic E-state index is 14.3. The SMILES string of the molecule is CCCC(NC(=O)[C@@H]1[C@@H](C(C)C)CCN1C(=O)[C@@H](NC(=O)N[C@@](C)(C(=O)OC(C1CC1)C1CC1)C(C)C)C(C)(C)C)C(=O)C(N)=O. The van der Waals surface area contributed by atoms with Gasteiger partial charge in [0.1, 0.15) is 23.7 Å². The van der Waals surface area contributed by atoms with Crippen LogP contribution in [0.4, 0.5) is 4.79 Å². The topological polar surface area (TPSA) is 177 Å². The van der Waals surface area contributed by atoms with E-state index < -0.39 is 64.6 Å². The average molecular weight is 648 g/mol. The van der Waals surface area contributed by atoms with E-state index in [4.69, 9.17) is 10.5 Å². The van der Waals surface area contributed by atoms with E-state index in [-0.39, 0.29) is 36.8 Å². The number of hydrogen-bond acceptors (Lipinski definition) is 7. The van der Waals surface area contributed by atoms with Crippen molar-refractivity contribution in [1.29, 1.82) is 0 Å². The lowest BCUT2D eigenvalue weighted by molar-refractivity contribution is -0.160. The number of Topliss-reactive ketones (excluding diaryl/α,β-unsaturated/α-hetero) is 1. The number of amides is 5. The minimum atomic E-state index is -1.34. The minimum absolute atomic E-state index is 0.0298. The van der Waals surface area contributed by atoms with Gasteiger partial charge >= 0.3 is 12.0 Å². The zero-order valence-corrected chi connectivity index (χ0v) is 29.2. The molecule has 1 unspecified atom stereocenters. The van der Waals surface area contributed by atoms with Crippen molar-refractivity contribution in [3.05, 3.63) is 0 Å². The molecule has 3 aliphatic rings. The quantitative estimate of drug-likeness (QED) is 0.156. The summed E-state index contributed by atoms with van der Waals surface area (Å²) >= 11 is 0. The van der Waals surface area contributed by atoms with Crippen LogP contribution < -0.4 is 21.7 Å². The number of nitrogens with one attached hydrogen (secondary N) is 3. The van der Waals surface area contributed by atoms with Gasteiger partial charge in [0.25, 0.3) is 5.91 Å². The van der Waals surface area contributed by atoms with E-state index in [9.17, 15) is 28.8 Å². The summed E-state index contributed by atoms with van der Waals surface area (Å²) in [7, 11) is 0. The van der Waals surface area contributed by atoms with Crippen LogP contribution in [0.3, 0.4) is 0 Å². The van der Waals surface area contributed by atoms with Gasteiger partial charge in [0.15, 0.2) is 0 Å². The van der Waals surface area contributed by atoms with Gasteiger partial charge in [-0.05, 0) is 80.5 Å². The maximum Gasteiger partial charge on any atom is 0.332 e. The molecule has 1 aliphatic heterocycles. The molecule has 0 aromatic rings. The van der Waals surface area contributed by atoms with Crippen molar-refractivity contribution in [2.75, 3.05) is 6.54 Å². The van der Waals surface area contributed by atoms with E-state index in [1.54, 1.807) is 6.92 Å². The highest BCUT2D eigenvalue weighted by atomic mass is 16.5. The van der Waals surface area contributed by atoms with Crippen LogP contribution in [0.15, 0.2) is 0 Å². The molecule has 5 N–H and O–H groups in total. The number of likely N-dealkylation sites (tertiary alicyclic amines) is 1. The van der Waals surface area contributed by atoms with Crippen LogP contribution in [-0.4, -0.2) is 76.7 Å². The number of esters is 1. The molecule has 0 radical (unpaired) electrons. The number of nitrogens with two attached hydrogens (primary N) is 1. The molecule has 0 spiro atoms. The summed E-state index contributed by atoms with van der Waals surface area (Å²) in [5, 5.41) is 8.35. The van der Waals surface area contributed by atoms with Crippen molar-refractivity contribution in [3.63, 3.8) is 0 Å². The standard InChI is InChI=1S/C34H57N5O7/c1-10-11-23(25(40)28(35)41)36-29(42)24-22(18(2)3)16-17-39(24)30(43)27(33(6,7)8)37-32(45)38-34(9,19(4)5)31(44)46-26(20-12-13-20)21-14-15-21/h18-24,26-27H,10-17H2,1-9H3,(H2,35,41)(H,36,42)(H2,37,38,45)/t22-,23?,24+,27-,34-/m1/s1. The summed E-state index contributed by atoms with van der Waals surface area (Å²) in [4.78, 5) is 80.8. The summed E-state index contributed by atoms with van der Waals surface area (Å²) in [6, 6.07) is -3.74. The predicted octanol–water partition coefficient (Wildman–Crippen LogP) is 3.06. The van der Waals surface area contributed by atoms with Crippen molar-refractivity contribution in [2.45, 2.75) is 137 Å². The number of ketones is 1. The molecule has 0 bridgehead atoms. The van der Waals surface area contributed by atoms with Gasteiger partial charge in [0.05, 0.1) is 6.04 Å². The molecule has 46 heavy (non-hydrogen) atoms. The summed E-state index contributed by atoms with van der Waals surface area (Å²) in [6.45, 7) is 16.8. The van der Waals surface area contributed by atoms with Crippen LogP contribution in [0.25, 0.3) is 0 Å². The molecule has 0 aromatic heterocycles. The lowest BCUT2D eigenvalue weighted by Gasteiger charge is -2.38. The largest absolute Gasteiger partial charge is 0.460 e. The molecule has 1 heterocycles. The molecule has 3 fully saturated rings. The molecular formula is C34H57N5O7. The van der Waals surface area contributed by atoms with Crippen LogP contribution in [0.5, 0.6) is 0 Å². The first-order chi connectivity index (χ1) is 21.3. The third-order valence-corrected chi connectivity index (χ3v) is 10.1. The third-order valence-electron chi connectivity index (χ3n) is 10.1. The van der Waals surface area contributed by atoms with E-state index in [0.29, 0.717) is 24.7 Å². The number of urea groups is 1. The van der Waals surface area contributed by atoms with Crippen molar-refractivity contribution < 1.29 is 33.5 Å². The molecule has 3 rings (SSSR count). The monoisotopic (exact) mass is 647 g/mol. The fourth-order valence-corrected chi connectivity index (χ4v) is 6.41. The second kappa shape index (κ2) is 14.7. The normalized spacial score (nSPS) is 22.7. The highest BCUT2D eigenvalue weighted by Crippen LogP contribution is 2.46. The Morgan fingerprint density at radius 2 is 1.46 bits per heavy atom. The van der Waals surface area contributed by atoms with Crippen molar-refractivity contribution in [3.8, 4) is 0 Å². The molecule has 2 saturated carbocycles. The van der Waals surface area contributed by atoms with E-state index in [0.717, 1.165) is 25.7 Å². The number of carbonyl (C=O) groups is 6. The van der Waals surface area contributed by atoms with Gasteiger partial charge in [-0.25, -0.2) is 9.59 Å². The van der Waals surface area contributed by atoms with Crippen LogP contribution in [0.1, 0.15) is 107 Å². The minimum Gasteiger partial charge on any atom is -0.460 e. The predicted molar refractivity (Wildman–Crippen MR) is 173 cm³/mol. The molecule has 5 atom stereocenters. The van der Waals surface area contributed by atoms with E-state index >= 15 is 0 Å². The van der Waals surface area contributed by atoms with Crippen molar-refractivity contribution in [2.24, 2.45) is 40.7 Å². The molecule has 2 aliphatic carbocycles. The van der Waals surface area contributed by atoms with Gasteiger partial charge in [0.2, 0.25) is 17.6 Å². The van der Waals surface area contributed by atoms with Crippen molar-refractivity contribution >= 4 is 35.5 Å². The molecule has 1 saturated heterocycles. The fraction of sp³-hybridized carbons (Fsp3) is 0.824. The summed E-state index contributed by atoms with van der Waals surface area (Å²) < 4.78 is 6.03. The molecule has 12 nitrogen and oxygen atoms in total. The Hall–Kier alpha value is -3.18. The third kappa shape index (κ3) is 8.79. The first-order valence-corrected chi connectivity index (χ1v) is 17.1. The van der Waals surface area contributed by atoms with Crippen LogP contribution >= 0.6 is 0 Å². The summed E-state index contributed by atoms with van der Waals surface area (Å²) in [6.07, 6.45) is 5.36. The highest BCUT2D eigenvalue weighted by molar-refractivity contribution is 6.37. The smallest absolute Gasteiger partial charge is 0.332 e. The number of hydrogen-bond donors (Lipinski definition) is 4. The number of ether oxygens (including phenoxy) is 1. The number of carbonyl (C=O) groups excluding carboxylic acids is 6. The zero-order valence-electron chi connectivity index (χ0n) is 29.2. The molecule has 5 amide bonds. The van der Waals surface area contributed by atoms with Crippen LogP contribution in [0, 0.1) is 35.0 Å². The number of rotatable bonds is 15. The second-order valence-corrected chi connectivity index (χ2v) is 15.6. The molecule has 12 heteroatoms. The Kier molecular flexibility index (Phi) is 11.9. The lowest BCUT2D eigenvalue weighted by Crippen LogP contribution is -2.64. The van der Waals surface area contributed by atoms with E-state index in [1.165, 1.54) is 4.90 Å². The van der Waals surface area contributed by atoms with Gasteiger partial charge in [-0.3, -0.25) is 19.2 Å². The van der Waals surface area contributed by atoms with E-state index in [2.05, 4.69) is 16.0 Å². The highest BCUT2D eigenvalue weighted by Gasteiger charge is 2.50. The first kappa shape index (κ1) is 37.3. The molecule has 0 aromatic carbocycles.